The van der Waals surface area contributed by atoms with Crippen molar-refractivity contribution in [3.8, 4) is 0 Å². The number of hydrogen-bond acceptors (Lipinski definition) is 4. The molecular weight excluding hydrogens is 144 g/mol. The summed E-state index contributed by atoms with van der Waals surface area (Å²) in [5, 5.41) is 21.6. The van der Waals surface area contributed by atoms with Crippen LogP contribution in [0.1, 0.15) is 6.42 Å². The van der Waals surface area contributed by atoms with Gasteiger partial charge in [0.05, 0.1) is 12.2 Å². The highest BCUT2D eigenvalue weighted by Crippen LogP contribution is 2.24. The average Bonchev–Trinajstić information content (AvgIpc) is 2.19. The van der Waals surface area contributed by atoms with Gasteiger partial charge in [0.15, 0.2) is 0 Å². The van der Waals surface area contributed by atoms with E-state index in [2.05, 4.69) is 5.32 Å². The lowest BCUT2D eigenvalue weighted by molar-refractivity contribution is 0.0159. The number of aliphatic hydroxyl groups excluding tert-OH is 2. The molecular formula is C7H16N2O2. The normalized spacial score (nSPS) is 44.7. The summed E-state index contributed by atoms with van der Waals surface area (Å²) < 4.78 is 0. The highest BCUT2D eigenvalue weighted by molar-refractivity contribution is 4.93. The second kappa shape index (κ2) is 3.49. The molecule has 4 atom stereocenters. The predicted octanol–water partition coefficient (Wildman–Crippen LogP) is -1.73. The summed E-state index contributed by atoms with van der Waals surface area (Å²) >= 11 is 0. The van der Waals surface area contributed by atoms with Crippen molar-refractivity contribution >= 4 is 0 Å². The molecule has 0 unspecified atom stereocenters. The molecule has 1 aliphatic rings. The summed E-state index contributed by atoms with van der Waals surface area (Å²) in [6.45, 7) is 0.714. The Morgan fingerprint density at radius 3 is 2.45 bits per heavy atom. The van der Waals surface area contributed by atoms with Crippen molar-refractivity contribution in [3.05, 3.63) is 0 Å². The van der Waals surface area contributed by atoms with Crippen molar-refractivity contribution in [2.75, 3.05) is 13.6 Å². The molecule has 0 spiro atoms. The number of nitrogens with one attached hydrogen (secondary N) is 1. The second-order valence-electron chi connectivity index (χ2n) is 3.20. The molecule has 11 heavy (non-hydrogen) atoms. The Labute approximate surface area is 66.4 Å². The van der Waals surface area contributed by atoms with Gasteiger partial charge in [-0.05, 0) is 13.5 Å². The monoisotopic (exact) mass is 160 g/mol. The van der Waals surface area contributed by atoms with Gasteiger partial charge in [0.25, 0.3) is 0 Å². The number of aliphatic hydroxyl groups is 2. The van der Waals surface area contributed by atoms with E-state index in [1.807, 2.05) is 7.05 Å². The molecule has 66 valence electrons. The molecule has 0 aromatic heterocycles. The van der Waals surface area contributed by atoms with Crippen molar-refractivity contribution < 1.29 is 10.2 Å². The minimum atomic E-state index is -0.742. The Morgan fingerprint density at radius 1 is 1.45 bits per heavy atom. The van der Waals surface area contributed by atoms with Gasteiger partial charge in [0.1, 0.15) is 0 Å². The fourth-order valence-electron chi connectivity index (χ4n) is 1.63. The second-order valence-corrected chi connectivity index (χ2v) is 3.20. The maximum atomic E-state index is 9.39. The van der Waals surface area contributed by atoms with E-state index >= 15 is 0 Å². The SMILES string of the molecule is CNC[C@H]1C[C@@H](N)[C@@H](O)[C@H]1O. The lowest BCUT2D eigenvalue weighted by Crippen LogP contribution is -2.36. The topological polar surface area (TPSA) is 78.5 Å². The zero-order chi connectivity index (χ0) is 8.43. The molecule has 0 radical (unpaired) electrons. The van der Waals surface area contributed by atoms with Crippen LogP contribution in [-0.4, -0.2) is 42.1 Å². The molecule has 0 aromatic rings. The first kappa shape index (κ1) is 8.93. The Morgan fingerprint density at radius 2 is 2.09 bits per heavy atom. The van der Waals surface area contributed by atoms with Crippen molar-refractivity contribution in [1.82, 2.24) is 5.32 Å². The van der Waals surface area contributed by atoms with E-state index in [4.69, 9.17) is 5.73 Å². The molecule has 0 heterocycles. The van der Waals surface area contributed by atoms with Gasteiger partial charge in [-0.2, -0.15) is 0 Å². The van der Waals surface area contributed by atoms with E-state index in [-0.39, 0.29) is 12.0 Å². The van der Waals surface area contributed by atoms with E-state index in [1.54, 1.807) is 0 Å². The largest absolute Gasteiger partial charge is 0.390 e. The molecule has 5 N–H and O–H groups in total. The molecule has 0 aliphatic heterocycles. The van der Waals surface area contributed by atoms with Crippen LogP contribution in [0.15, 0.2) is 0 Å². The van der Waals surface area contributed by atoms with Gasteiger partial charge in [-0.25, -0.2) is 0 Å². The standard InChI is InChI=1S/C7H16N2O2/c1-9-3-4-2-5(8)7(11)6(4)10/h4-7,9-11H,2-3,8H2,1H3/t4-,5-,6+,7-/m1/s1. The predicted molar refractivity (Wildman–Crippen MR) is 42.0 cm³/mol. The van der Waals surface area contributed by atoms with Crippen molar-refractivity contribution in [2.24, 2.45) is 11.7 Å². The first-order valence-electron chi connectivity index (χ1n) is 3.93. The van der Waals surface area contributed by atoms with Crippen LogP contribution in [0.3, 0.4) is 0 Å². The number of hydrogen-bond donors (Lipinski definition) is 4. The lowest BCUT2D eigenvalue weighted by Gasteiger charge is -2.15. The van der Waals surface area contributed by atoms with E-state index in [1.165, 1.54) is 0 Å². The summed E-state index contributed by atoms with van der Waals surface area (Å²) in [6, 6.07) is -0.261. The van der Waals surface area contributed by atoms with Gasteiger partial charge in [0.2, 0.25) is 0 Å². The molecule has 0 amide bonds. The lowest BCUT2D eigenvalue weighted by atomic mass is 10.1. The summed E-state index contributed by atoms with van der Waals surface area (Å²) in [7, 11) is 1.82. The molecule has 1 saturated carbocycles. The van der Waals surface area contributed by atoms with Crippen LogP contribution >= 0.6 is 0 Å². The molecule has 4 heteroatoms. The zero-order valence-corrected chi connectivity index (χ0v) is 6.70. The van der Waals surface area contributed by atoms with Crippen molar-refractivity contribution in [3.63, 3.8) is 0 Å². The van der Waals surface area contributed by atoms with E-state index in [0.29, 0.717) is 13.0 Å². The van der Waals surface area contributed by atoms with E-state index in [0.717, 1.165) is 0 Å². The third-order valence-electron chi connectivity index (χ3n) is 2.31. The van der Waals surface area contributed by atoms with Gasteiger partial charge in [0, 0.05) is 18.5 Å². The van der Waals surface area contributed by atoms with Crippen molar-refractivity contribution in [1.29, 1.82) is 0 Å². The van der Waals surface area contributed by atoms with Gasteiger partial charge in [-0.15, -0.1) is 0 Å². The zero-order valence-electron chi connectivity index (χ0n) is 6.70. The Hall–Kier alpha value is -0.160. The highest BCUT2D eigenvalue weighted by Gasteiger charge is 2.38. The fourth-order valence-corrected chi connectivity index (χ4v) is 1.63. The van der Waals surface area contributed by atoms with Crippen LogP contribution in [0, 0.1) is 5.92 Å². The maximum Gasteiger partial charge on any atom is 0.0952 e. The van der Waals surface area contributed by atoms with Gasteiger partial charge in [-0.1, -0.05) is 0 Å². The Balaban J connectivity index is 2.45. The molecule has 4 nitrogen and oxygen atoms in total. The summed E-state index contributed by atoms with van der Waals surface area (Å²) in [5.74, 6) is 0.102. The van der Waals surface area contributed by atoms with Crippen molar-refractivity contribution in [2.45, 2.75) is 24.7 Å². The minimum absolute atomic E-state index is 0.102. The van der Waals surface area contributed by atoms with Crippen LogP contribution < -0.4 is 11.1 Å². The van der Waals surface area contributed by atoms with Gasteiger partial charge in [-0.3, -0.25) is 0 Å². The van der Waals surface area contributed by atoms with Gasteiger partial charge < -0.3 is 21.3 Å². The van der Waals surface area contributed by atoms with Crippen LogP contribution in [0.4, 0.5) is 0 Å². The first-order valence-corrected chi connectivity index (χ1v) is 3.93. The van der Waals surface area contributed by atoms with Crippen LogP contribution in [0.5, 0.6) is 0 Å². The average molecular weight is 160 g/mol. The minimum Gasteiger partial charge on any atom is -0.390 e. The first-order chi connectivity index (χ1) is 5.16. The Kier molecular flexibility index (Phi) is 2.84. The third kappa shape index (κ3) is 1.70. The van der Waals surface area contributed by atoms with E-state index in [9.17, 15) is 10.2 Å². The molecule has 1 rings (SSSR count). The molecule has 0 bridgehead atoms. The van der Waals surface area contributed by atoms with Crippen LogP contribution in [-0.2, 0) is 0 Å². The smallest absolute Gasteiger partial charge is 0.0952 e. The van der Waals surface area contributed by atoms with Gasteiger partial charge >= 0.3 is 0 Å². The maximum absolute atomic E-state index is 9.39. The molecule has 0 aromatic carbocycles. The number of rotatable bonds is 2. The van der Waals surface area contributed by atoms with Crippen LogP contribution in [0.2, 0.25) is 0 Å². The quantitative estimate of drug-likeness (QED) is 0.387. The number of nitrogens with two attached hydrogens (primary N) is 1. The highest BCUT2D eigenvalue weighted by atomic mass is 16.3. The Bertz CT molecular complexity index is 132. The molecule has 1 fully saturated rings. The molecule has 1 aliphatic carbocycles. The van der Waals surface area contributed by atoms with E-state index < -0.39 is 12.2 Å². The summed E-state index contributed by atoms with van der Waals surface area (Å²) in [4.78, 5) is 0. The summed E-state index contributed by atoms with van der Waals surface area (Å²) in [6.07, 6.45) is -0.700. The third-order valence-corrected chi connectivity index (χ3v) is 2.31. The summed E-state index contributed by atoms with van der Waals surface area (Å²) in [5.41, 5.74) is 5.55. The molecule has 0 saturated heterocycles. The fraction of sp³-hybridized carbons (Fsp3) is 1.00. The van der Waals surface area contributed by atoms with Crippen LogP contribution in [0.25, 0.3) is 0 Å².